The topological polar surface area (TPSA) is 86.8 Å². The lowest BCUT2D eigenvalue weighted by Gasteiger charge is -2.08. The molecule has 23 heavy (non-hydrogen) atoms. The van der Waals surface area contributed by atoms with E-state index in [1.807, 2.05) is 30.3 Å². The zero-order valence-corrected chi connectivity index (χ0v) is 13.3. The Hall–Kier alpha value is -2.74. The predicted molar refractivity (Wildman–Crippen MR) is 88.6 cm³/mol. The average molecular weight is 376 g/mol. The molecule has 0 atom stereocenters. The van der Waals surface area contributed by atoms with Crippen molar-refractivity contribution in [3.63, 3.8) is 0 Å². The molecule has 0 amide bonds. The molecule has 3 aromatic rings. The number of nitrogens with one attached hydrogen (secondary N) is 3. The number of nitrogens with zero attached hydrogens (tertiary/aromatic N) is 2. The largest absolute Gasteiger partial charge is 0.339 e. The number of hydrogen-bond donors (Lipinski definition) is 3. The molecule has 3 rings (SSSR count). The number of rotatable bonds is 4. The molecule has 1 heterocycles. The summed E-state index contributed by atoms with van der Waals surface area (Å²) in [5.41, 5.74) is 1.55. The summed E-state index contributed by atoms with van der Waals surface area (Å²) in [5, 5.41) is 21.4. The van der Waals surface area contributed by atoms with Crippen molar-refractivity contribution in [2.75, 3.05) is 10.6 Å². The first kappa shape index (κ1) is 15.2. The molecule has 0 unspecified atom stereocenters. The first-order valence-corrected chi connectivity index (χ1v) is 7.38. The number of aromatic nitrogens is 2. The summed E-state index contributed by atoms with van der Waals surface area (Å²) < 4.78 is 18.2. The first-order chi connectivity index (χ1) is 11.1. The molecule has 0 aliphatic heterocycles. The van der Waals surface area contributed by atoms with E-state index in [1.54, 1.807) is 0 Å². The van der Waals surface area contributed by atoms with E-state index in [9.17, 15) is 4.39 Å². The maximum atomic E-state index is 13.2. The maximum absolute atomic E-state index is 13.2. The SMILES string of the molecule is N=C(Nc1ccc(F)c(Br)c1)c1nonc1Nc1ccccc1. The fourth-order valence-corrected chi connectivity index (χ4v) is 2.25. The first-order valence-electron chi connectivity index (χ1n) is 6.59. The van der Waals surface area contributed by atoms with Gasteiger partial charge >= 0.3 is 0 Å². The highest BCUT2D eigenvalue weighted by molar-refractivity contribution is 9.10. The van der Waals surface area contributed by atoms with Gasteiger partial charge in [0.2, 0.25) is 5.82 Å². The van der Waals surface area contributed by atoms with Gasteiger partial charge in [-0.05, 0) is 56.6 Å². The monoisotopic (exact) mass is 375 g/mol. The molecule has 116 valence electrons. The van der Waals surface area contributed by atoms with Crippen molar-refractivity contribution in [1.29, 1.82) is 5.41 Å². The van der Waals surface area contributed by atoms with Gasteiger partial charge in [0.25, 0.3) is 0 Å². The quantitative estimate of drug-likeness (QED) is 0.470. The zero-order chi connectivity index (χ0) is 16.2. The van der Waals surface area contributed by atoms with Crippen LogP contribution in [-0.2, 0) is 0 Å². The van der Waals surface area contributed by atoms with Crippen LogP contribution in [-0.4, -0.2) is 16.1 Å². The molecule has 0 aliphatic rings. The van der Waals surface area contributed by atoms with E-state index in [4.69, 9.17) is 10.0 Å². The summed E-state index contributed by atoms with van der Waals surface area (Å²) in [6.45, 7) is 0. The smallest absolute Gasteiger partial charge is 0.206 e. The van der Waals surface area contributed by atoms with Crippen LogP contribution in [0.4, 0.5) is 21.6 Å². The summed E-state index contributed by atoms with van der Waals surface area (Å²) in [7, 11) is 0. The van der Waals surface area contributed by atoms with Gasteiger partial charge in [-0.1, -0.05) is 18.2 Å². The molecule has 8 heteroatoms. The molecule has 0 spiro atoms. The molecule has 1 aromatic heterocycles. The van der Waals surface area contributed by atoms with Crippen molar-refractivity contribution in [2.24, 2.45) is 0 Å². The third-order valence-corrected chi connectivity index (χ3v) is 3.56. The number of amidine groups is 1. The van der Waals surface area contributed by atoms with Crippen molar-refractivity contribution >= 4 is 39.0 Å². The van der Waals surface area contributed by atoms with Gasteiger partial charge in [-0.2, -0.15) is 0 Å². The second-order valence-corrected chi connectivity index (χ2v) is 5.44. The molecule has 0 bridgehead atoms. The Kier molecular flexibility index (Phi) is 4.33. The van der Waals surface area contributed by atoms with Crippen LogP contribution in [0.3, 0.4) is 0 Å². The minimum absolute atomic E-state index is 0.0248. The van der Waals surface area contributed by atoms with Crippen LogP contribution in [0.15, 0.2) is 57.6 Å². The third-order valence-electron chi connectivity index (χ3n) is 2.95. The molecule has 0 saturated carbocycles. The molecule has 2 aromatic carbocycles. The minimum Gasteiger partial charge on any atom is -0.339 e. The Balaban J connectivity index is 1.78. The van der Waals surface area contributed by atoms with Gasteiger partial charge in [0.05, 0.1) is 4.47 Å². The summed E-state index contributed by atoms with van der Waals surface area (Å²) in [4.78, 5) is 0. The average Bonchev–Trinajstić information content (AvgIpc) is 3.00. The van der Waals surface area contributed by atoms with E-state index in [-0.39, 0.29) is 17.3 Å². The second kappa shape index (κ2) is 6.57. The number of halogens is 2. The van der Waals surface area contributed by atoms with Crippen molar-refractivity contribution in [1.82, 2.24) is 10.3 Å². The lowest BCUT2D eigenvalue weighted by atomic mass is 10.3. The number of hydrogen-bond acceptors (Lipinski definition) is 5. The number of benzene rings is 2. The highest BCUT2D eigenvalue weighted by atomic mass is 79.9. The second-order valence-electron chi connectivity index (χ2n) is 4.58. The highest BCUT2D eigenvalue weighted by Gasteiger charge is 2.16. The Morgan fingerprint density at radius 2 is 1.87 bits per heavy atom. The fraction of sp³-hybridized carbons (Fsp3) is 0. The Bertz CT molecular complexity index is 837. The van der Waals surface area contributed by atoms with Crippen LogP contribution in [0.25, 0.3) is 0 Å². The predicted octanol–water partition coefficient (Wildman–Crippen LogP) is 4.15. The van der Waals surface area contributed by atoms with Gasteiger partial charge < -0.3 is 10.6 Å². The van der Waals surface area contributed by atoms with Crippen molar-refractivity contribution in [3.05, 3.63) is 64.5 Å². The van der Waals surface area contributed by atoms with Crippen LogP contribution in [0, 0.1) is 11.2 Å². The van der Waals surface area contributed by atoms with Gasteiger partial charge in [-0.3, -0.25) is 5.41 Å². The van der Waals surface area contributed by atoms with E-state index in [2.05, 4.69) is 36.9 Å². The lowest BCUT2D eigenvalue weighted by molar-refractivity contribution is 0.308. The number of anilines is 3. The van der Waals surface area contributed by atoms with E-state index >= 15 is 0 Å². The van der Waals surface area contributed by atoms with Crippen LogP contribution >= 0.6 is 15.9 Å². The van der Waals surface area contributed by atoms with Crippen LogP contribution in [0.2, 0.25) is 0 Å². The van der Waals surface area contributed by atoms with Crippen LogP contribution in [0.1, 0.15) is 5.69 Å². The van der Waals surface area contributed by atoms with Gasteiger partial charge in [0, 0.05) is 11.4 Å². The van der Waals surface area contributed by atoms with Crippen molar-refractivity contribution in [2.45, 2.75) is 0 Å². The zero-order valence-electron chi connectivity index (χ0n) is 11.7. The summed E-state index contributed by atoms with van der Waals surface area (Å²) in [6, 6.07) is 13.7. The molecule has 0 radical (unpaired) electrons. The fourth-order valence-electron chi connectivity index (χ4n) is 1.87. The maximum Gasteiger partial charge on any atom is 0.206 e. The third kappa shape index (κ3) is 3.54. The Morgan fingerprint density at radius 1 is 1.09 bits per heavy atom. The van der Waals surface area contributed by atoms with Crippen LogP contribution in [0.5, 0.6) is 0 Å². The van der Waals surface area contributed by atoms with E-state index in [0.29, 0.717) is 16.0 Å². The Morgan fingerprint density at radius 3 is 2.61 bits per heavy atom. The lowest BCUT2D eigenvalue weighted by Crippen LogP contribution is -2.14. The van der Waals surface area contributed by atoms with Gasteiger partial charge in [-0.25, -0.2) is 9.02 Å². The molecule has 0 saturated heterocycles. The van der Waals surface area contributed by atoms with Gasteiger partial charge in [-0.15, -0.1) is 0 Å². The van der Waals surface area contributed by atoms with E-state index in [1.165, 1.54) is 18.2 Å². The molecule has 0 fully saturated rings. The molecule has 6 nitrogen and oxygen atoms in total. The standard InChI is InChI=1S/C15H11BrFN5O/c16-11-8-10(6-7-12(11)17)19-14(18)13-15(22-23-21-13)20-9-4-2-1-3-5-9/h1-8H,(H2,18,19)(H,20,22). The van der Waals surface area contributed by atoms with E-state index in [0.717, 1.165) is 5.69 Å². The van der Waals surface area contributed by atoms with Gasteiger partial charge in [0.15, 0.2) is 11.5 Å². The summed E-state index contributed by atoms with van der Waals surface area (Å²) in [5.74, 6) is -0.0883. The minimum atomic E-state index is -0.378. The molecular weight excluding hydrogens is 365 g/mol. The molecule has 0 aliphatic carbocycles. The summed E-state index contributed by atoms with van der Waals surface area (Å²) >= 11 is 3.10. The van der Waals surface area contributed by atoms with Crippen molar-refractivity contribution < 1.29 is 9.02 Å². The number of para-hydroxylation sites is 1. The van der Waals surface area contributed by atoms with Gasteiger partial charge in [0.1, 0.15) is 5.82 Å². The Labute approximate surface area is 139 Å². The molecule has 3 N–H and O–H groups in total. The molecular formula is C15H11BrFN5O. The van der Waals surface area contributed by atoms with Crippen LogP contribution < -0.4 is 10.6 Å². The highest BCUT2D eigenvalue weighted by Crippen LogP contribution is 2.22. The van der Waals surface area contributed by atoms with Crippen molar-refractivity contribution in [3.8, 4) is 0 Å². The summed E-state index contributed by atoms with van der Waals surface area (Å²) in [6.07, 6.45) is 0. The normalized spacial score (nSPS) is 10.3. The van der Waals surface area contributed by atoms with E-state index < -0.39 is 0 Å².